The molecule has 3 heterocycles. The number of pyridine rings is 1. The van der Waals surface area contributed by atoms with Gasteiger partial charge in [-0.05, 0) is 56.6 Å². The summed E-state index contributed by atoms with van der Waals surface area (Å²) in [5.41, 5.74) is 0.578. The molecule has 30 heavy (non-hydrogen) atoms. The van der Waals surface area contributed by atoms with Crippen molar-refractivity contribution in [1.29, 1.82) is 0 Å². The van der Waals surface area contributed by atoms with E-state index >= 15 is 0 Å². The van der Waals surface area contributed by atoms with Gasteiger partial charge in [-0.1, -0.05) is 6.42 Å². The van der Waals surface area contributed by atoms with Crippen molar-refractivity contribution in [3.8, 4) is 0 Å². The summed E-state index contributed by atoms with van der Waals surface area (Å²) < 4.78 is 5.55. The summed E-state index contributed by atoms with van der Waals surface area (Å²) in [4.78, 5) is 32.1. The normalized spacial score (nSPS) is 26.4. The molecule has 0 radical (unpaired) electrons. The second-order valence-corrected chi connectivity index (χ2v) is 9.03. The van der Waals surface area contributed by atoms with Gasteiger partial charge in [-0.25, -0.2) is 0 Å². The Labute approximate surface area is 178 Å². The Bertz CT molecular complexity index is 704. The van der Waals surface area contributed by atoms with Crippen LogP contribution in [0.25, 0.3) is 0 Å². The van der Waals surface area contributed by atoms with E-state index in [-0.39, 0.29) is 23.8 Å². The molecule has 0 spiro atoms. The standard InChI is InChI=1S/C23H34N4O3/c28-22(25-13-17-3-1-4-17)19-6-7-20(26-23(29)18-5-2-10-24-14-18)16-27(15-19)21-8-11-30-12-9-21/h2,5,10,14,17,19-21H,1,3-4,6-9,11-13,15-16H2,(H,25,28)(H,26,29)/t19-,20+/m1/s1. The molecule has 1 aliphatic carbocycles. The number of rotatable bonds is 6. The molecule has 7 heteroatoms. The number of carbonyl (C=O) groups excluding carboxylic acids is 2. The molecule has 7 nitrogen and oxygen atoms in total. The Balaban J connectivity index is 1.39. The molecule has 0 bridgehead atoms. The number of amides is 2. The van der Waals surface area contributed by atoms with E-state index in [2.05, 4.69) is 20.5 Å². The van der Waals surface area contributed by atoms with Crippen LogP contribution in [0.5, 0.6) is 0 Å². The van der Waals surface area contributed by atoms with Crippen LogP contribution in [0.4, 0.5) is 0 Å². The molecule has 3 aliphatic rings. The molecule has 2 aliphatic heterocycles. The van der Waals surface area contributed by atoms with Crippen molar-refractivity contribution in [2.45, 2.75) is 57.0 Å². The Morgan fingerprint density at radius 2 is 1.93 bits per heavy atom. The fraction of sp³-hybridized carbons (Fsp3) is 0.696. The second kappa shape index (κ2) is 10.4. The minimum atomic E-state index is -0.0899. The van der Waals surface area contributed by atoms with Gasteiger partial charge < -0.3 is 15.4 Å². The molecule has 4 rings (SSSR count). The van der Waals surface area contributed by atoms with Crippen LogP contribution in [0.15, 0.2) is 24.5 Å². The van der Waals surface area contributed by atoms with E-state index in [1.807, 2.05) is 0 Å². The third kappa shape index (κ3) is 5.58. The van der Waals surface area contributed by atoms with E-state index in [9.17, 15) is 9.59 Å². The predicted octanol–water partition coefficient (Wildman–Crippen LogP) is 1.99. The molecule has 2 amide bonds. The lowest BCUT2D eigenvalue weighted by molar-refractivity contribution is -0.126. The van der Waals surface area contributed by atoms with Crippen LogP contribution in [0.2, 0.25) is 0 Å². The third-order valence-electron chi connectivity index (χ3n) is 6.90. The molecule has 164 valence electrons. The smallest absolute Gasteiger partial charge is 0.253 e. The van der Waals surface area contributed by atoms with Crippen molar-refractivity contribution < 1.29 is 14.3 Å². The highest BCUT2D eigenvalue weighted by molar-refractivity contribution is 5.94. The molecule has 3 fully saturated rings. The van der Waals surface area contributed by atoms with E-state index in [0.29, 0.717) is 17.5 Å². The summed E-state index contributed by atoms with van der Waals surface area (Å²) in [5, 5.41) is 6.39. The lowest BCUT2D eigenvalue weighted by atomic mass is 9.85. The molecule has 0 aromatic carbocycles. The number of ether oxygens (including phenoxy) is 1. The zero-order valence-electron chi connectivity index (χ0n) is 17.7. The van der Waals surface area contributed by atoms with Gasteiger partial charge in [0, 0.05) is 57.3 Å². The lowest BCUT2D eigenvalue weighted by Gasteiger charge is -2.36. The molecule has 1 saturated carbocycles. The van der Waals surface area contributed by atoms with Gasteiger partial charge in [0.1, 0.15) is 0 Å². The molecule has 0 unspecified atom stereocenters. The van der Waals surface area contributed by atoms with Gasteiger partial charge >= 0.3 is 0 Å². The maximum Gasteiger partial charge on any atom is 0.253 e. The van der Waals surface area contributed by atoms with Crippen LogP contribution in [0, 0.1) is 11.8 Å². The van der Waals surface area contributed by atoms with Crippen LogP contribution in [0.1, 0.15) is 55.3 Å². The number of aromatic nitrogens is 1. The Morgan fingerprint density at radius 1 is 1.10 bits per heavy atom. The first-order chi connectivity index (χ1) is 14.7. The summed E-state index contributed by atoms with van der Waals surface area (Å²) >= 11 is 0. The topological polar surface area (TPSA) is 83.6 Å². The third-order valence-corrected chi connectivity index (χ3v) is 6.90. The van der Waals surface area contributed by atoms with Crippen LogP contribution in [-0.2, 0) is 9.53 Å². The fourth-order valence-corrected chi connectivity index (χ4v) is 4.76. The number of nitrogens with zero attached hydrogens (tertiary/aromatic N) is 2. The summed E-state index contributed by atoms with van der Waals surface area (Å²) in [5.74, 6) is 0.733. The van der Waals surface area contributed by atoms with Crippen LogP contribution < -0.4 is 10.6 Å². The van der Waals surface area contributed by atoms with Gasteiger partial charge in [-0.15, -0.1) is 0 Å². The van der Waals surface area contributed by atoms with Crippen molar-refractivity contribution in [2.24, 2.45) is 11.8 Å². The highest BCUT2D eigenvalue weighted by atomic mass is 16.5. The molecule has 1 aromatic heterocycles. The van der Waals surface area contributed by atoms with E-state index in [4.69, 9.17) is 4.74 Å². The monoisotopic (exact) mass is 414 g/mol. The van der Waals surface area contributed by atoms with E-state index < -0.39 is 0 Å². The zero-order valence-corrected chi connectivity index (χ0v) is 17.7. The highest BCUT2D eigenvalue weighted by Crippen LogP contribution is 2.26. The van der Waals surface area contributed by atoms with E-state index in [1.54, 1.807) is 24.5 Å². The number of hydrogen-bond donors (Lipinski definition) is 2. The molecular formula is C23H34N4O3. The average molecular weight is 415 g/mol. The quantitative estimate of drug-likeness (QED) is 0.744. The molecule has 2 N–H and O–H groups in total. The predicted molar refractivity (Wildman–Crippen MR) is 114 cm³/mol. The Morgan fingerprint density at radius 3 is 2.63 bits per heavy atom. The van der Waals surface area contributed by atoms with Crippen LogP contribution >= 0.6 is 0 Å². The largest absolute Gasteiger partial charge is 0.381 e. The first-order valence-electron chi connectivity index (χ1n) is 11.5. The van der Waals surface area contributed by atoms with Crippen LogP contribution in [0.3, 0.4) is 0 Å². The maximum absolute atomic E-state index is 12.9. The minimum Gasteiger partial charge on any atom is -0.381 e. The molecule has 2 atom stereocenters. The molecule has 2 saturated heterocycles. The average Bonchev–Trinajstić information content (AvgIpc) is 2.96. The number of likely N-dealkylation sites (tertiary alicyclic amines) is 1. The van der Waals surface area contributed by atoms with E-state index in [0.717, 1.165) is 58.5 Å². The van der Waals surface area contributed by atoms with Crippen LogP contribution in [-0.4, -0.2) is 66.6 Å². The van der Waals surface area contributed by atoms with Gasteiger partial charge in [0.25, 0.3) is 5.91 Å². The van der Waals surface area contributed by atoms with Gasteiger partial charge in [0.05, 0.1) is 11.5 Å². The number of hydrogen-bond acceptors (Lipinski definition) is 5. The molecule has 1 aromatic rings. The maximum atomic E-state index is 12.9. The number of nitrogens with one attached hydrogen (secondary N) is 2. The SMILES string of the molecule is O=C(N[C@H]1CC[C@@H](C(=O)NCC2CCC2)CN(C2CCOCC2)C1)c1cccnc1. The molecular weight excluding hydrogens is 380 g/mol. The summed E-state index contributed by atoms with van der Waals surface area (Å²) in [6.45, 7) is 3.90. The van der Waals surface area contributed by atoms with Crippen molar-refractivity contribution in [1.82, 2.24) is 20.5 Å². The number of carbonyl (C=O) groups is 2. The fourth-order valence-electron chi connectivity index (χ4n) is 4.76. The summed E-state index contributed by atoms with van der Waals surface area (Å²) in [6.07, 6.45) is 10.6. The van der Waals surface area contributed by atoms with Gasteiger partial charge in [-0.2, -0.15) is 0 Å². The minimum absolute atomic E-state index is 0.0202. The zero-order chi connectivity index (χ0) is 20.8. The summed E-state index contributed by atoms with van der Waals surface area (Å²) in [7, 11) is 0. The van der Waals surface area contributed by atoms with Crippen molar-refractivity contribution >= 4 is 11.8 Å². The summed E-state index contributed by atoms with van der Waals surface area (Å²) in [6, 6.07) is 4.01. The second-order valence-electron chi connectivity index (χ2n) is 9.03. The Kier molecular flexibility index (Phi) is 7.33. The van der Waals surface area contributed by atoms with Gasteiger partial charge in [0.2, 0.25) is 5.91 Å². The van der Waals surface area contributed by atoms with Gasteiger partial charge in [0.15, 0.2) is 0 Å². The lowest BCUT2D eigenvalue weighted by Crippen LogP contribution is -2.49. The highest BCUT2D eigenvalue weighted by Gasteiger charge is 2.33. The van der Waals surface area contributed by atoms with E-state index in [1.165, 1.54) is 19.3 Å². The van der Waals surface area contributed by atoms with Crippen molar-refractivity contribution in [3.05, 3.63) is 30.1 Å². The van der Waals surface area contributed by atoms with Crippen molar-refractivity contribution in [2.75, 3.05) is 32.8 Å². The Hall–Kier alpha value is -1.99. The van der Waals surface area contributed by atoms with Crippen molar-refractivity contribution in [3.63, 3.8) is 0 Å². The first-order valence-corrected chi connectivity index (χ1v) is 11.5. The van der Waals surface area contributed by atoms with Gasteiger partial charge in [-0.3, -0.25) is 19.5 Å². The first kappa shape index (κ1) is 21.2.